The summed E-state index contributed by atoms with van der Waals surface area (Å²) in [6, 6.07) is 17.6. The molecule has 1 atom stereocenters. The Morgan fingerprint density at radius 3 is 1.95 bits per heavy atom. The van der Waals surface area contributed by atoms with Crippen LogP contribution in [0.25, 0.3) is 0 Å². The Morgan fingerprint density at radius 1 is 0.850 bits per heavy atom. The SMILES string of the molecule is FC(F)(F)/C=C/C(Oc1ccccc1)c1ccccc1. The largest absolute Gasteiger partial charge is 0.482 e. The number of ether oxygens (including phenoxy) is 1. The molecule has 0 saturated carbocycles. The van der Waals surface area contributed by atoms with E-state index in [0.717, 1.165) is 6.08 Å². The van der Waals surface area contributed by atoms with E-state index in [1.54, 1.807) is 54.6 Å². The van der Waals surface area contributed by atoms with Crippen molar-refractivity contribution in [3.05, 3.63) is 78.4 Å². The molecule has 4 heteroatoms. The van der Waals surface area contributed by atoms with E-state index >= 15 is 0 Å². The van der Waals surface area contributed by atoms with Crippen molar-refractivity contribution in [1.29, 1.82) is 0 Å². The Bertz CT molecular complexity index is 547. The summed E-state index contributed by atoms with van der Waals surface area (Å²) >= 11 is 0. The normalized spacial score (nSPS) is 13.3. The molecule has 0 N–H and O–H groups in total. The fourth-order valence-corrected chi connectivity index (χ4v) is 1.70. The fourth-order valence-electron chi connectivity index (χ4n) is 1.70. The zero-order valence-electron chi connectivity index (χ0n) is 10.5. The van der Waals surface area contributed by atoms with Gasteiger partial charge in [0.25, 0.3) is 0 Å². The van der Waals surface area contributed by atoms with Gasteiger partial charge in [0.05, 0.1) is 0 Å². The molecule has 0 heterocycles. The molecule has 0 bridgehead atoms. The van der Waals surface area contributed by atoms with Crippen molar-refractivity contribution >= 4 is 0 Å². The lowest BCUT2D eigenvalue weighted by atomic mass is 10.1. The van der Waals surface area contributed by atoms with Gasteiger partial charge in [0.1, 0.15) is 11.9 Å². The van der Waals surface area contributed by atoms with E-state index in [2.05, 4.69) is 0 Å². The van der Waals surface area contributed by atoms with Gasteiger partial charge in [0, 0.05) is 6.08 Å². The van der Waals surface area contributed by atoms with Crippen LogP contribution in [0.2, 0.25) is 0 Å². The highest BCUT2D eigenvalue weighted by Crippen LogP contribution is 2.25. The number of halogens is 3. The number of rotatable bonds is 4. The topological polar surface area (TPSA) is 9.23 Å². The molecule has 2 rings (SSSR count). The van der Waals surface area contributed by atoms with E-state index in [0.29, 0.717) is 11.3 Å². The fraction of sp³-hybridized carbons (Fsp3) is 0.125. The second-order valence-electron chi connectivity index (χ2n) is 4.16. The molecule has 0 radical (unpaired) electrons. The van der Waals surface area contributed by atoms with Gasteiger partial charge in [-0.3, -0.25) is 0 Å². The summed E-state index contributed by atoms with van der Waals surface area (Å²) in [6.45, 7) is 0. The summed E-state index contributed by atoms with van der Waals surface area (Å²) in [4.78, 5) is 0. The van der Waals surface area contributed by atoms with Gasteiger partial charge >= 0.3 is 6.18 Å². The summed E-state index contributed by atoms with van der Waals surface area (Å²) < 4.78 is 42.6. The number of hydrogen-bond donors (Lipinski definition) is 0. The molecule has 1 unspecified atom stereocenters. The third kappa shape index (κ3) is 4.46. The van der Waals surface area contributed by atoms with Crippen molar-refractivity contribution < 1.29 is 17.9 Å². The van der Waals surface area contributed by atoms with Gasteiger partial charge in [-0.1, -0.05) is 48.5 Å². The van der Waals surface area contributed by atoms with Crippen LogP contribution in [0.5, 0.6) is 5.75 Å². The molecule has 0 saturated heterocycles. The monoisotopic (exact) mass is 278 g/mol. The van der Waals surface area contributed by atoms with E-state index in [-0.39, 0.29) is 6.08 Å². The molecule has 0 aliphatic heterocycles. The molecule has 0 aromatic heterocycles. The second-order valence-corrected chi connectivity index (χ2v) is 4.16. The smallest absolute Gasteiger partial charge is 0.409 e. The molecule has 0 aliphatic rings. The minimum Gasteiger partial charge on any atom is -0.482 e. The Balaban J connectivity index is 2.23. The zero-order valence-corrected chi connectivity index (χ0v) is 10.5. The lowest BCUT2D eigenvalue weighted by Gasteiger charge is -2.16. The summed E-state index contributed by atoms with van der Waals surface area (Å²) in [6.07, 6.45) is -3.91. The van der Waals surface area contributed by atoms with Crippen LogP contribution >= 0.6 is 0 Å². The van der Waals surface area contributed by atoms with Crippen molar-refractivity contribution in [3.63, 3.8) is 0 Å². The highest BCUT2D eigenvalue weighted by atomic mass is 19.4. The van der Waals surface area contributed by atoms with E-state index in [1.807, 2.05) is 6.07 Å². The van der Waals surface area contributed by atoms with Crippen LogP contribution in [-0.4, -0.2) is 6.18 Å². The molecule has 1 nitrogen and oxygen atoms in total. The Labute approximate surface area is 115 Å². The van der Waals surface area contributed by atoms with Gasteiger partial charge in [-0.25, -0.2) is 0 Å². The number of para-hydroxylation sites is 1. The predicted molar refractivity (Wildman–Crippen MR) is 71.4 cm³/mol. The first kappa shape index (κ1) is 14.2. The van der Waals surface area contributed by atoms with E-state index in [4.69, 9.17) is 4.74 Å². The minimum atomic E-state index is -4.35. The first-order valence-corrected chi connectivity index (χ1v) is 6.07. The molecular formula is C16H13F3O. The van der Waals surface area contributed by atoms with Gasteiger partial charge in [-0.15, -0.1) is 0 Å². The van der Waals surface area contributed by atoms with E-state index in [1.165, 1.54) is 0 Å². The van der Waals surface area contributed by atoms with E-state index in [9.17, 15) is 13.2 Å². The van der Waals surface area contributed by atoms with Crippen LogP contribution < -0.4 is 4.74 Å². The minimum absolute atomic E-state index is 0.202. The first-order chi connectivity index (χ1) is 9.54. The highest BCUT2D eigenvalue weighted by Gasteiger charge is 2.23. The molecule has 2 aromatic rings. The maximum Gasteiger partial charge on any atom is 0.409 e. The van der Waals surface area contributed by atoms with Gasteiger partial charge < -0.3 is 4.74 Å². The summed E-state index contributed by atoms with van der Waals surface area (Å²) in [5.41, 5.74) is 0.664. The average molecular weight is 278 g/mol. The number of allylic oxidation sites excluding steroid dienone is 1. The van der Waals surface area contributed by atoms with Gasteiger partial charge in [-0.05, 0) is 23.8 Å². The Morgan fingerprint density at radius 2 is 1.40 bits per heavy atom. The summed E-state index contributed by atoms with van der Waals surface area (Å²) in [7, 11) is 0. The van der Waals surface area contributed by atoms with E-state index < -0.39 is 12.3 Å². The molecule has 104 valence electrons. The number of hydrogen-bond acceptors (Lipinski definition) is 1. The van der Waals surface area contributed by atoms with Crippen LogP contribution in [0.3, 0.4) is 0 Å². The summed E-state index contributed by atoms with van der Waals surface area (Å²) in [5, 5.41) is 0. The second kappa shape index (κ2) is 6.28. The molecule has 2 aromatic carbocycles. The highest BCUT2D eigenvalue weighted by molar-refractivity contribution is 5.27. The van der Waals surface area contributed by atoms with Crippen LogP contribution in [-0.2, 0) is 0 Å². The van der Waals surface area contributed by atoms with Crippen molar-refractivity contribution in [1.82, 2.24) is 0 Å². The molecule has 0 amide bonds. The van der Waals surface area contributed by atoms with Crippen molar-refractivity contribution in [3.8, 4) is 5.75 Å². The summed E-state index contributed by atoms with van der Waals surface area (Å²) in [5.74, 6) is 0.521. The molecular weight excluding hydrogens is 265 g/mol. The van der Waals surface area contributed by atoms with Crippen LogP contribution in [0.15, 0.2) is 72.8 Å². The standard InChI is InChI=1S/C16H13F3O/c17-16(18,19)12-11-15(13-7-3-1-4-8-13)20-14-9-5-2-6-10-14/h1-12,15H/b12-11+. The van der Waals surface area contributed by atoms with Crippen LogP contribution in [0, 0.1) is 0 Å². The maximum absolute atomic E-state index is 12.3. The van der Waals surface area contributed by atoms with Crippen LogP contribution in [0.1, 0.15) is 11.7 Å². The Hall–Kier alpha value is -2.23. The predicted octanol–water partition coefficient (Wildman–Crippen LogP) is 4.93. The lowest BCUT2D eigenvalue weighted by Crippen LogP contribution is -2.08. The van der Waals surface area contributed by atoms with Crippen molar-refractivity contribution in [2.45, 2.75) is 12.3 Å². The lowest BCUT2D eigenvalue weighted by molar-refractivity contribution is -0.0804. The van der Waals surface area contributed by atoms with Crippen molar-refractivity contribution in [2.24, 2.45) is 0 Å². The third-order valence-electron chi connectivity index (χ3n) is 2.59. The quantitative estimate of drug-likeness (QED) is 0.721. The molecule has 20 heavy (non-hydrogen) atoms. The maximum atomic E-state index is 12.3. The zero-order chi connectivity index (χ0) is 14.4. The van der Waals surface area contributed by atoms with Gasteiger partial charge in [0.15, 0.2) is 0 Å². The van der Waals surface area contributed by atoms with Crippen LogP contribution in [0.4, 0.5) is 13.2 Å². The number of alkyl halides is 3. The molecule has 0 spiro atoms. The Kier molecular flexibility index (Phi) is 4.45. The molecule has 0 fully saturated rings. The first-order valence-electron chi connectivity index (χ1n) is 6.07. The average Bonchev–Trinajstić information content (AvgIpc) is 2.44. The van der Waals surface area contributed by atoms with Crippen molar-refractivity contribution in [2.75, 3.05) is 0 Å². The third-order valence-corrected chi connectivity index (χ3v) is 2.59. The van der Waals surface area contributed by atoms with Gasteiger partial charge in [-0.2, -0.15) is 13.2 Å². The van der Waals surface area contributed by atoms with Gasteiger partial charge in [0.2, 0.25) is 0 Å². The molecule has 0 aliphatic carbocycles. The number of benzene rings is 2.